The Hall–Kier alpha value is -1.93. The third-order valence-corrected chi connectivity index (χ3v) is 4.91. The fourth-order valence-corrected chi connectivity index (χ4v) is 3.43. The summed E-state index contributed by atoms with van der Waals surface area (Å²) in [4.78, 5) is -0.580. The van der Waals surface area contributed by atoms with E-state index in [1.165, 1.54) is 30.3 Å². The minimum Gasteiger partial charge on any atom is -0.207 e. The van der Waals surface area contributed by atoms with Crippen LogP contribution in [0.1, 0.15) is 12.5 Å². The molecule has 2 aromatic carbocycles. The van der Waals surface area contributed by atoms with Crippen LogP contribution in [0, 0.1) is 5.82 Å². The molecule has 0 aliphatic rings. The van der Waals surface area contributed by atoms with E-state index in [0.29, 0.717) is 6.07 Å². The third kappa shape index (κ3) is 3.53. The second kappa shape index (κ2) is 5.93. The molecule has 0 fully saturated rings. The van der Waals surface area contributed by atoms with Crippen LogP contribution in [0.5, 0.6) is 0 Å². The molecule has 1 N–H and O–H groups in total. The molecule has 0 heterocycles. The van der Waals surface area contributed by atoms with Crippen LogP contribution in [0.3, 0.4) is 0 Å². The number of benzene rings is 2. The number of rotatable bonds is 4. The van der Waals surface area contributed by atoms with Crippen molar-refractivity contribution in [2.75, 3.05) is 0 Å². The van der Waals surface area contributed by atoms with Crippen LogP contribution in [-0.2, 0) is 15.6 Å². The van der Waals surface area contributed by atoms with E-state index in [0.717, 1.165) is 25.1 Å². The Kier molecular flexibility index (Phi) is 4.50. The second-order valence-corrected chi connectivity index (χ2v) is 6.73. The molecule has 2 rings (SSSR count). The Balaban J connectivity index is 2.51. The highest BCUT2D eigenvalue weighted by atomic mass is 32.2. The van der Waals surface area contributed by atoms with E-state index in [2.05, 4.69) is 0 Å². The molecule has 124 valence electrons. The fourth-order valence-electron chi connectivity index (χ4n) is 2.01. The zero-order valence-electron chi connectivity index (χ0n) is 11.9. The number of hydrogen-bond donors (Lipinski definition) is 1. The first-order valence-electron chi connectivity index (χ1n) is 6.48. The molecule has 0 saturated heterocycles. The highest BCUT2D eigenvalue weighted by molar-refractivity contribution is 7.89. The van der Waals surface area contributed by atoms with Crippen LogP contribution in [0.25, 0.3) is 0 Å². The van der Waals surface area contributed by atoms with Gasteiger partial charge in [-0.3, -0.25) is 0 Å². The molecule has 0 aromatic heterocycles. The molecule has 0 aliphatic carbocycles. The molecule has 3 nitrogen and oxygen atoms in total. The van der Waals surface area contributed by atoms with Crippen molar-refractivity contribution in [2.24, 2.45) is 0 Å². The lowest BCUT2D eigenvalue weighted by Gasteiger charge is -2.33. The average Bonchev–Trinajstić information content (AvgIpc) is 2.46. The summed E-state index contributed by atoms with van der Waals surface area (Å²) < 4.78 is 79.9. The molecule has 1 unspecified atom stereocenters. The first-order chi connectivity index (χ1) is 10.6. The van der Waals surface area contributed by atoms with Crippen molar-refractivity contribution in [3.63, 3.8) is 0 Å². The lowest BCUT2D eigenvalue weighted by atomic mass is 9.93. The highest BCUT2D eigenvalue weighted by Gasteiger charge is 2.54. The second-order valence-electron chi connectivity index (χ2n) is 5.05. The third-order valence-electron chi connectivity index (χ3n) is 3.36. The maximum atomic E-state index is 13.5. The standard InChI is InChI=1S/C15H13F4NO2S/c1-14(15(17,18)19,11-6-3-2-4-7-11)20-23(21,22)13-9-5-8-12(16)10-13/h2-10,20H,1H3. The van der Waals surface area contributed by atoms with Gasteiger partial charge in [-0.2, -0.15) is 17.9 Å². The molecule has 0 spiro atoms. The molecule has 0 radical (unpaired) electrons. The highest BCUT2D eigenvalue weighted by Crippen LogP contribution is 2.39. The Labute approximate surface area is 131 Å². The van der Waals surface area contributed by atoms with Gasteiger partial charge in [0.15, 0.2) is 5.54 Å². The quantitative estimate of drug-likeness (QED) is 0.860. The summed E-state index contributed by atoms with van der Waals surface area (Å²) in [6.45, 7) is 0.721. The Morgan fingerprint density at radius 2 is 1.57 bits per heavy atom. The fraction of sp³-hybridized carbons (Fsp3) is 0.200. The zero-order valence-corrected chi connectivity index (χ0v) is 12.7. The van der Waals surface area contributed by atoms with Crippen LogP contribution >= 0.6 is 0 Å². The van der Waals surface area contributed by atoms with Gasteiger partial charge in [0.2, 0.25) is 10.0 Å². The van der Waals surface area contributed by atoms with Crippen molar-refractivity contribution in [2.45, 2.75) is 23.5 Å². The van der Waals surface area contributed by atoms with Crippen LogP contribution in [0.15, 0.2) is 59.5 Å². The predicted molar refractivity (Wildman–Crippen MR) is 76.6 cm³/mol. The normalized spacial score (nSPS) is 15.2. The predicted octanol–water partition coefficient (Wildman–Crippen LogP) is 3.58. The summed E-state index contributed by atoms with van der Waals surface area (Å²) in [5.41, 5.74) is -3.12. The van der Waals surface area contributed by atoms with Gasteiger partial charge >= 0.3 is 6.18 Å². The Morgan fingerprint density at radius 3 is 2.09 bits per heavy atom. The number of hydrogen-bond acceptors (Lipinski definition) is 2. The summed E-state index contributed by atoms with van der Waals surface area (Å²) >= 11 is 0. The number of alkyl halides is 3. The molecule has 0 saturated carbocycles. The smallest absolute Gasteiger partial charge is 0.207 e. The van der Waals surface area contributed by atoms with Crippen molar-refractivity contribution in [1.29, 1.82) is 0 Å². The van der Waals surface area contributed by atoms with Gasteiger partial charge in [-0.25, -0.2) is 12.8 Å². The van der Waals surface area contributed by atoms with Crippen molar-refractivity contribution >= 4 is 10.0 Å². The molecule has 1 atom stereocenters. The van der Waals surface area contributed by atoms with Crippen LogP contribution < -0.4 is 4.72 Å². The van der Waals surface area contributed by atoms with Gasteiger partial charge in [0.25, 0.3) is 0 Å². The molecule has 0 amide bonds. The van der Waals surface area contributed by atoms with Gasteiger partial charge in [-0.05, 0) is 30.7 Å². The van der Waals surface area contributed by atoms with Gasteiger partial charge in [0, 0.05) is 0 Å². The van der Waals surface area contributed by atoms with E-state index in [1.54, 1.807) is 4.72 Å². The molecular formula is C15H13F4NO2S. The van der Waals surface area contributed by atoms with Gasteiger partial charge in [0.05, 0.1) is 4.90 Å². The molecule has 8 heteroatoms. The van der Waals surface area contributed by atoms with Crippen molar-refractivity contribution in [3.8, 4) is 0 Å². The summed E-state index contributed by atoms with van der Waals surface area (Å²) in [7, 11) is -4.58. The van der Waals surface area contributed by atoms with Gasteiger partial charge < -0.3 is 0 Å². The Morgan fingerprint density at radius 1 is 0.957 bits per heavy atom. The van der Waals surface area contributed by atoms with Gasteiger partial charge in [0.1, 0.15) is 5.82 Å². The van der Waals surface area contributed by atoms with E-state index in [-0.39, 0.29) is 5.56 Å². The van der Waals surface area contributed by atoms with Crippen molar-refractivity contribution < 1.29 is 26.0 Å². The SMILES string of the molecule is CC(NS(=O)(=O)c1cccc(F)c1)(c1ccccc1)C(F)(F)F. The zero-order chi connectivity index (χ0) is 17.3. The number of nitrogens with one attached hydrogen (secondary N) is 1. The van der Waals surface area contributed by atoms with Crippen LogP contribution in [0.2, 0.25) is 0 Å². The van der Waals surface area contributed by atoms with E-state index in [4.69, 9.17) is 0 Å². The van der Waals surface area contributed by atoms with E-state index < -0.39 is 32.5 Å². The lowest BCUT2D eigenvalue weighted by molar-refractivity contribution is -0.189. The van der Waals surface area contributed by atoms with Gasteiger partial charge in [-0.15, -0.1) is 0 Å². The number of sulfonamides is 1. The topological polar surface area (TPSA) is 46.2 Å². The maximum Gasteiger partial charge on any atom is 0.411 e. The van der Waals surface area contributed by atoms with Crippen LogP contribution in [-0.4, -0.2) is 14.6 Å². The summed E-state index contributed by atoms with van der Waals surface area (Å²) in [5.74, 6) is -0.860. The molecular weight excluding hydrogens is 334 g/mol. The monoisotopic (exact) mass is 347 g/mol. The van der Waals surface area contributed by atoms with Crippen molar-refractivity contribution in [1.82, 2.24) is 4.72 Å². The minimum absolute atomic E-state index is 0.271. The molecule has 23 heavy (non-hydrogen) atoms. The van der Waals surface area contributed by atoms with Crippen LogP contribution in [0.4, 0.5) is 17.6 Å². The van der Waals surface area contributed by atoms with Gasteiger partial charge in [-0.1, -0.05) is 36.4 Å². The lowest BCUT2D eigenvalue weighted by Crippen LogP contribution is -2.53. The average molecular weight is 347 g/mol. The molecule has 0 aliphatic heterocycles. The van der Waals surface area contributed by atoms with E-state index in [9.17, 15) is 26.0 Å². The maximum absolute atomic E-state index is 13.5. The van der Waals surface area contributed by atoms with E-state index >= 15 is 0 Å². The summed E-state index contributed by atoms with van der Waals surface area (Å²) in [6, 6.07) is 10.4. The largest absolute Gasteiger partial charge is 0.411 e. The van der Waals surface area contributed by atoms with Crippen molar-refractivity contribution in [3.05, 3.63) is 66.0 Å². The Bertz CT molecular complexity index is 791. The first-order valence-corrected chi connectivity index (χ1v) is 7.96. The summed E-state index contributed by atoms with van der Waals surface area (Å²) in [5, 5.41) is 0. The molecule has 2 aromatic rings. The first kappa shape index (κ1) is 17.4. The molecule has 0 bridgehead atoms. The minimum atomic E-state index is -4.89. The summed E-state index contributed by atoms with van der Waals surface area (Å²) in [6.07, 6.45) is -4.89. The van der Waals surface area contributed by atoms with E-state index in [1.807, 2.05) is 0 Å². The number of halogens is 4.